The normalized spacial score (nSPS) is 15.3. The van der Waals surface area contributed by atoms with Crippen molar-refractivity contribution in [2.75, 3.05) is 0 Å². The number of benzene rings is 2. The molecule has 0 radical (unpaired) electrons. The summed E-state index contributed by atoms with van der Waals surface area (Å²) in [4.78, 5) is 4.26. The molecule has 116 valence electrons. The zero-order valence-electron chi connectivity index (χ0n) is 12.5. The molecule has 2 aromatic carbocycles. The van der Waals surface area contributed by atoms with Gasteiger partial charge in [-0.05, 0) is 42.7 Å². The lowest BCUT2D eigenvalue weighted by Crippen LogP contribution is -2.00. The third-order valence-electron chi connectivity index (χ3n) is 3.96. The molecule has 0 spiro atoms. The smallest absolute Gasteiger partial charge is 0.181 e. The number of alkyl halides is 1. The minimum atomic E-state index is -1.29. The van der Waals surface area contributed by atoms with Crippen LogP contribution in [-0.2, 0) is 12.3 Å². The summed E-state index contributed by atoms with van der Waals surface area (Å²) in [5, 5.41) is 6.80. The highest BCUT2D eigenvalue weighted by Gasteiger charge is 2.48. The third-order valence-corrected chi connectivity index (χ3v) is 3.96. The molecule has 23 heavy (non-hydrogen) atoms. The Balaban J connectivity index is 1.44. The minimum Gasteiger partial charge on any atom is -0.489 e. The second kappa shape index (κ2) is 5.50. The lowest BCUT2D eigenvalue weighted by Gasteiger charge is -2.06. The molecule has 1 N–H and O–H groups in total. The Morgan fingerprint density at radius 2 is 1.78 bits per heavy atom. The van der Waals surface area contributed by atoms with Crippen LogP contribution in [0.25, 0.3) is 11.4 Å². The largest absolute Gasteiger partial charge is 0.489 e. The standard InChI is InChI=1S/C18H16FN3O/c19-18(10-11-18)17-20-16(21-22-17)14-6-8-15(9-7-14)23-12-13-4-2-1-3-5-13/h1-9H,10-12H2,(H,20,21,22). The first-order chi connectivity index (χ1) is 11.2. The van der Waals surface area contributed by atoms with Gasteiger partial charge in [0.1, 0.15) is 12.4 Å². The van der Waals surface area contributed by atoms with Crippen LogP contribution in [0.2, 0.25) is 0 Å². The van der Waals surface area contributed by atoms with Crippen LogP contribution in [0, 0.1) is 0 Å². The number of halogens is 1. The van der Waals surface area contributed by atoms with Crippen LogP contribution in [0.3, 0.4) is 0 Å². The summed E-state index contributed by atoms with van der Waals surface area (Å²) >= 11 is 0. The fourth-order valence-electron chi connectivity index (χ4n) is 2.38. The predicted molar refractivity (Wildman–Crippen MR) is 84.6 cm³/mol. The maximum absolute atomic E-state index is 13.9. The maximum Gasteiger partial charge on any atom is 0.181 e. The first kappa shape index (κ1) is 13.9. The van der Waals surface area contributed by atoms with Crippen molar-refractivity contribution in [3.8, 4) is 17.1 Å². The first-order valence-electron chi connectivity index (χ1n) is 7.62. The molecule has 1 aromatic heterocycles. The van der Waals surface area contributed by atoms with E-state index >= 15 is 0 Å². The fourth-order valence-corrected chi connectivity index (χ4v) is 2.38. The topological polar surface area (TPSA) is 50.8 Å². The maximum atomic E-state index is 13.9. The zero-order chi connectivity index (χ0) is 15.7. The molecule has 1 aliphatic carbocycles. The second-order valence-electron chi connectivity index (χ2n) is 5.77. The van der Waals surface area contributed by atoms with Gasteiger partial charge in [0.2, 0.25) is 0 Å². The van der Waals surface area contributed by atoms with Crippen LogP contribution >= 0.6 is 0 Å². The summed E-state index contributed by atoms with van der Waals surface area (Å²) in [6.07, 6.45) is 1.04. The molecule has 1 fully saturated rings. The van der Waals surface area contributed by atoms with E-state index in [4.69, 9.17) is 4.74 Å². The Hall–Kier alpha value is -2.69. The number of aromatic nitrogens is 3. The zero-order valence-corrected chi connectivity index (χ0v) is 12.5. The fraction of sp³-hybridized carbons (Fsp3) is 0.222. The number of H-pyrrole nitrogens is 1. The van der Waals surface area contributed by atoms with E-state index in [1.165, 1.54) is 0 Å². The Labute approximate surface area is 133 Å². The molecule has 1 aliphatic rings. The number of rotatable bonds is 5. The summed E-state index contributed by atoms with van der Waals surface area (Å²) in [7, 11) is 0. The van der Waals surface area contributed by atoms with Crippen molar-refractivity contribution in [1.29, 1.82) is 0 Å². The summed E-state index contributed by atoms with van der Waals surface area (Å²) in [6, 6.07) is 17.5. The van der Waals surface area contributed by atoms with Gasteiger partial charge in [-0.1, -0.05) is 30.3 Å². The molecule has 3 aromatic rings. The summed E-state index contributed by atoms with van der Waals surface area (Å²) < 4.78 is 19.7. The lowest BCUT2D eigenvalue weighted by molar-refractivity contribution is 0.301. The van der Waals surface area contributed by atoms with E-state index in [2.05, 4.69) is 15.2 Å². The van der Waals surface area contributed by atoms with Crippen molar-refractivity contribution >= 4 is 0 Å². The van der Waals surface area contributed by atoms with E-state index in [9.17, 15) is 4.39 Å². The Bertz CT molecular complexity index is 795. The van der Waals surface area contributed by atoms with Gasteiger partial charge in [-0.15, -0.1) is 0 Å². The Morgan fingerprint density at radius 3 is 2.48 bits per heavy atom. The van der Waals surface area contributed by atoms with E-state index in [0.29, 0.717) is 31.1 Å². The van der Waals surface area contributed by atoms with Gasteiger partial charge in [0, 0.05) is 5.56 Å². The van der Waals surface area contributed by atoms with E-state index < -0.39 is 5.67 Å². The molecule has 4 rings (SSSR count). The molecule has 0 amide bonds. The molecular weight excluding hydrogens is 293 g/mol. The first-order valence-corrected chi connectivity index (χ1v) is 7.62. The van der Waals surface area contributed by atoms with E-state index in [0.717, 1.165) is 16.9 Å². The van der Waals surface area contributed by atoms with E-state index in [1.54, 1.807) is 0 Å². The van der Waals surface area contributed by atoms with Gasteiger partial charge < -0.3 is 4.74 Å². The summed E-state index contributed by atoms with van der Waals surface area (Å²) in [6.45, 7) is 0.523. The van der Waals surface area contributed by atoms with Gasteiger partial charge in [0.15, 0.2) is 17.3 Å². The quantitative estimate of drug-likeness (QED) is 0.774. The number of nitrogens with one attached hydrogen (secondary N) is 1. The van der Waals surface area contributed by atoms with Gasteiger partial charge in [0.05, 0.1) is 0 Å². The highest BCUT2D eigenvalue weighted by atomic mass is 19.1. The number of nitrogens with zero attached hydrogens (tertiary/aromatic N) is 2. The minimum absolute atomic E-state index is 0.330. The number of ether oxygens (including phenoxy) is 1. The molecule has 0 unspecified atom stereocenters. The van der Waals surface area contributed by atoms with Crippen LogP contribution in [0.5, 0.6) is 5.75 Å². The summed E-state index contributed by atoms with van der Waals surface area (Å²) in [5.41, 5.74) is 0.668. The summed E-state index contributed by atoms with van der Waals surface area (Å²) in [5.74, 6) is 1.62. The van der Waals surface area contributed by atoms with Crippen LogP contribution in [0.15, 0.2) is 54.6 Å². The third kappa shape index (κ3) is 2.95. The molecule has 1 heterocycles. The number of hydrogen-bond donors (Lipinski definition) is 1. The average Bonchev–Trinajstić information content (AvgIpc) is 3.15. The van der Waals surface area contributed by atoms with Crippen molar-refractivity contribution in [2.45, 2.75) is 25.1 Å². The molecule has 4 nitrogen and oxygen atoms in total. The van der Waals surface area contributed by atoms with E-state index in [-0.39, 0.29) is 0 Å². The molecule has 0 saturated heterocycles. The van der Waals surface area contributed by atoms with Crippen LogP contribution in [-0.4, -0.2) is 15.2 Å². The van der Waals surface area contributed by atoms with Crippen LogP contribution < -0.4 is 4.74 Å². The van der Waals surface area contributed by atoms with Crippen molar-refractivity contribution in [3.63, 3.8) is 0 Å². The van der Waals surface area contributed by atoms with Crippen LogP contribution in [0.1, 0.15) is 24.2 Å². The van der Waals surface area contributed by atoms with Gasteiger partial charge in [-0.3, -0.25) is 5.10 Å². The molecule has 0 atom stereocenters. The molecule has 5 heteroatoms. The van der Waals surface area contributed by atoms with Crippen molar-refractivity contribution < 1.29 is 9.13 Å². The highest BCUT2D eigenvalue weighted by Crippen LogP contribution is 2.48. The SMILES string of the molecule is FC1(c2nc(-c3ccc(OCc4ccccc4)cc3)n[nH]2)CC1. The Kier molecular flexibility index (Phi) is 3.33. The van der Waals surface area contributed by atoms with E-state index in [1.807, 2.05) is 54.6 Å². The lowest BCUT2D eigenvalue weighted by atomic mass is 10.2. The van der Waals surface area contributed by atoms with Gasteiger partial charge in [-0.2, -0.15) is 5.10 Å². The van der Waals surface area contributed by atoms with Gasteiger partial charge >= 0.3 is 0 Å². The van der Waals surface area contributed by atoms with Crippen LogP contribution in [0.4, 0.5) is 4.39 Å². The molecule has 1 saturated carbocycles. The molecular formula is C18H16FN3O. The van der Waals surface area contributed by atoms with Crippen molar-refractivity contribution in [2.24, 2.45) is 0 Å². The molecule has 0 aliphatic heterocycles. The van der Waals surface area contributed by atoms with Crippen molar-refractivity contribution in [3.05, 3.63) is 66.0 Å². The van der Waals surface area contributed by atoms with Crippen molar-refractivity contribution in [1.82, 2.24) is 15.2 Å². The molecule has 0 bridgehead atoms. The second-order valence-corrected chi connectivity index (χ2v) is 5.77. The van der Waals surface area contributed by atoms with Gasteiger partial charge in [0.25, 0.3) is 0 Å². The number of aromatic amines is 1. The predicted octanol–water partition coefficient (Wildman–Crippen LogP) is 4.01. The Morgan fingerprint density at radius 1 is 1.04 bits per heavy atom. The number of hydrogen-bond acceptors (Lipinski definition) is 3. The average molecular weight is 309 g/mol. The van der Waals surface area contributed by atoms with Gasteiger partial charge in [-0.25, -0.2) is 9.37 Å². The highest BCUT2D eigenvalue weighted by molar-refractivity contribution is 5.56. The monoisotopic (exact) mass is 309 g/mol.